The van der Waals surface area contributed by atoms with E-state index in [0.29, 0.717) is 10.7 Å². The third-order valence-electron chi connectivity index (χ3n) is 3.30. The number of alkyl halides is 2. The predicted octanol–water partition coefficient (Wildman–Crippen LogP) is 1.31. The van der Waals surface area contributed by atoms with E-state index in [9.17, 15) is 18.7 Å². The maximum absolute atomic E-state index is 13.1. The van der Waals surface area contributed by atoms with E-state index in [1.165, 1.54) is 24.7 Å². The lowest BCUT2D eigenvalue weighted by molar-refractivity contribution is -0.194. The number of aromatic nitrogens is 2. The number of carbonyl (C=O) groups is 1. The molecule has 0 unspecified atom stereocenters. The van der Waals surface area contributed by atoms with Crippen LogP contribution < -0.4 is 0 Å². The van der Waals surface area contributed by atoms with Crippen LogP contribution in [0.2, 0.25) is 0 Å². The molecule has 0 radical (unpaired) electrons. The van der Waals surface area contributed by atoms with Gasteiger partial charge in [0.25, 0.3) is 12.3 Å². The number of aryl methyl sites for hydroxylation is 1. The van der Waals surface area contributed by atoms with Crippen molar-refractivity contribution in [3.8, 4) is 0 Å². The van der Waals surface area contributed by atoms with Crippen molar-refractivity contribution in [2.75, 3.05) is 0 Å². The van der Waals surface area contributed by atoms with Crippen molar-refractivity contribution in [3.05, 3.63) is 18.0 Å². The first kappa shape index (κ1) is 14.6. The summed E-state index contributed by atoms with van der Waals surface area (Å²) >= 11 is 0. The number of halogens is 2. The summed E-state index contributed by atoms with van der Waals surface area (Å²) in [5.41, 5.74) is -1.58. The summed E-state index contributed by atoms with van der Waals surface area (Å²) in [6, 6.07) is 0.867. The van der Waals surface area contributed by atoms with Gasteiger partial charge < -0.3 is 5.11 Å². The van der Waals surface area contributed by atoms with Gasteiger partial charge in [0.2, 0.25) is 5.72 Å². The number of aliphatic hydroxyl groups is 1. The monoisotopic (exact) mass is 286 g/mol. The van der Waals surface area contributed by atoms with Gasteiger partial charge in [-0.15, -0.1) is 0 Å². The Morgan fingerprint density at radius 2 is 2.15 bits per heavy atom. The molecule has 1 aliphatic heterocycles. The fraction of sp³-hybridized carbons (Fsp3) is 0.583. The highest BCUT2D eigenvalue weighted by atomic mass is 19.3. The van der Waals surface area contributed by atoms with E-state index in [0.717, 1.165) is 0 Å². The molecule has 8 heteroatoms. The lowest BCUT2D eigenvalue weighted by Crippen LogP contribution is -2.53. The first-order valence-corrected chi connectivity index (χ1v) is 6.16. The van der Waals surface area contributed by atoms with E-state index in [1.807, 2.05) is 0 Å². The molecule has 1 aromatic rings. The Kier molecular flexibility index (Phi) is 3.59. The highest BCUT2D eigenvalue weighted by Crippen LogP contribution is 2.33. The number of hydrogen-bond acceptors (Lipinski definition) is 4. The first-order chi connectivity index (χ1) is 9.27. The van der Waals surface area contributed by atoms with Gasteiger partial charge in [0.15, 0.2) is 0 Å². The zero-order valence-electron chi connectivity index (χ0n) is 11.4. The third kappa shape index (κ3) is 2.20. The van der Waals surface area contributed by atoms with Crippen molar-refractivity contribution in [1.29, 1.82) is 0 Å². The van der Waals surface area contributed by atoms with Crippen LogP contribution >= 0.6 is 0 Å². The number of hydrazone groups is 1. The van der Waals surface area contributed by atoms with Crippen LogP contribution in [0.3, 0.4) is 0 Å². The molecule has 0 fully saturated rings. The molecule has 20 heavy (non-hydrogen) atoms. The van der Waals surface area contributed by atoms with E-state index in [-0.39, 0.29) is 12.1 Å². The van der Waals surface area contributed by atoms with Crippen molar-refractivity contribution in [3.63, 3.8) is 0 Å². The Balaban J connectivity index is 2.30. The summed E-state index contributed by atoms with van der Waals surface area (Å²) < 4.78 is 27.5. The summed E-state index contributed by atoms with van der Waals surface area (Å²) in [7, 11) is 0. The average Bonchev–Trinajstić information content (AvgIpc) is 2.92. The molecule has 2 heterocycles. The van der Waals surface area contributed by atoms with Crippen LogP contribution in [-0.4, -0.2) is 43.7 Å². The van der Waals surface area contributed by atoms with Gasteiger partial charge in [0.1, 0.15) is 6.04 Å². The predicted molar refractivity (Wildman–Crippen MR) is 67.2 cm³/mol. The van der Waals surface area contributed by atoms with Crippen molar-refractivity contribution in [1.82, 2.24) is 14.8 Å². The second-order valence-corrected chi connectivity index (χ2v) is 4.93. The van der Waals surface area contributed by atoms with Crippen LogP contribution in [0.4, 0.5) is 8.78 Å². The van der Waals surface area contributed by atoms with E-state index in [4.69, 9.17) is 0 Å². The molecule has 0 aliphatic carbocycles. The Morgan fingerprint density at radius 1 is 1.50 bits per heavy atom. The summed E-state index contributed by atoms with van der Waals surface area (Å²) in [6.07, 6.45) is -1.95. The van der Waals surface area contributed by atoms with Crippen molar-refractivity contribution >= 4 is 11.6 Å². The quantitative estimate of drug-likeness (QED) is 0.910. The largest absolute Gasteiger partial charge is 0.364 e. The molecule has 1 aliphatic rings. The highest BCUT2D eigenvalue weighted by molar-refractivity contribution is 5.90. The standard InChI is InChI=1S/C12H16F2N4O2/c1-7-6-12(20,11(13)14)18(16-7)10(19)9(3)17-8(2)4-5-15-17/h4-5,9,11,20H,6H2,1-3H3/t9-,12+/m0/s1. The molecule has 6 nitrogen and oxygen atoms in total. The minimum absolute atomic E-state index is 0.283. The van der Waals surface area contributed by atoms with Crippen LogP contribution in [0, 0.1) is 6.92 Å². The Labute approximate surface area is 114 Å². The normalized spacial score (nSPS) is 24.1. The molecule has 0 spiro atoms. The van der Waals surface area contributed by atoms with E-state index < -0.39 is 24.1 Å². The lowest BCUT2D eigenvalue weighted by atomic mass is 10.1. The van der Waals surface area contributed by atoms with Crippen LogP contribution in [0.1, 0.15) is 32.0 Å². The Bertz CT molecular complexity index is 557. The summed E-state index contributed by atoms with van der Waals surface area (Å²) in [5.74, 6) is -0.726. The molecule has 0 saturated heterocycles. The van der Waals surface area contributed by atoms with Crippen molar-refractivity contribution in [2.45, 2.75) is 45.4 Å². The van der Waals surface area contributed by atoms with Crippen LogP contribution in [-0.2, 0) is 4.79 Å². The van der Waals surface area contributed by atoms with E-state index >= 15 is 0 Å². The number of rotatable bonds is 3. The Hall–Kier alpha value is -1.83. The topological polar surface area (TPSA) is 70.7 Å². The molecular formula is C12H16F2N4O2. The smallest absolute Gasteiger partial charge is 0.287 e. The molecule has 2 atom stereocenters. The first-order valence-electron chi connectivity index (χ1n) is 6.16. The SMILES string of the molecule is CC1=NN(C(=O)[C@H](C)n2nccc2C)[C@](O)(C(F)F)C1. The zero-order valence-corrected chi connectivity index (χ0v) is 11.4. The van der Waals surface area contributed by atoms with Crippen LogP contribution in [0.5, 0.6) is 0 Å². The van der Waals surface area contributed by atoms with Gasteiger partial charge in [-0.3, -0.25) is 9.48 Å². The van der Waals surface area contributed by atoms with E-state index in [1.54, 1.807) is 13.0 Å². The lowest BCUT2D eigenvalue weighted by Gasteiger charge is -2.31. The molecule has 0 saturated carbocycles. The molecule has 1 amide bonds. The van der Waals surface area contributed by atoms with Gasteiger partial charge in [-0.1, -0.05) is 0 Å². The number of nitrogens with zero attached hydrogens (tertiary/aromatic N) is 4. The fourth-order valence-electron chi connectivity index (χ4n) is 2.22. The summed E-state index contributed by atoms with van der Waals surface area (Å²) in [5, 5.41) is 18.2. The van der Waals surface area contributed by atoms with Gasteiger partial charge in [0.05, 0.1) is 0 Å². The molecule has 110 valence electrons. The maximum atomic E-state index is 13.1. The molecular weight excluding hydrogens is 270 g/mol. The molecule has 1 aromatic heterocycles. The fourth-order valence-corrected chi connectivity index (χ4v) is 2.22. The van der Waals surface area contributed by atoms with Gasteiger partial charge in [-0.2, -0.15) is 15.2 Å². The van der Waals surface area contributed by atoms with E-state index in [2.05, 4.69) is 10.2 Å². The third-order valence-corrected chi connectivity index (χ3v) is 3.30. The average molecular weight is 286 g/mol. The molecule has 2 rings (SSSR count). The molecule has 1 N–H and O–H groups in total. The number of amides is 1. The second kappa shape index (κ2) is 4.93. The zero-order chi connectivity index (χ0) is 15.1. The van der Waals surface area contributed by atoms with Crippen molar-refractivity contribution < 1.29 is 18.7 Å². The summed E-state index contributed by atoms with van der Waals surface area (Å²) in [6.45, 7) is 4.76. The highest BCUT2D eigenvalue weighted by Gasteiger charge is 2.51. The molecule has 0 aromatic carbocycles. The van der Waals surface area contributed by atoms with Gasteiger partial charge in [-0.05, 0) is 26.8 Å². The van der Waals surface area contributed by atoms with Crippen LogP contribution in [0.25, 0.3) is 0 Å². The number of hydrogen-bond donors (Lipinski definition) is 1. The van der Waals surface area contributed by atoms with Crippen molar-refractivity contribution in [2.24, 2.45) is 5.10 Å². The number of carbonyl (C=O) groups excluding carboxylic acids is 1. The van der Waals surface area contributed by atoms with Gasteiger partial charge in [0, 0.05) is 24.0 Å². The molecule has 0 bridgehead atoms. The Morgan fingerprint density at radius 3 is 2.65 bits per heavy atom. The van der Waals surface area contributed by atoms with Gasteiger partial charge >= 0.3 is 0 Å². The maximum Gasteiger partial charge on any atom is 0.287 e. The minimum Gasteiger partial charge on any atom is -0.364 e. The van der Waals surface area contributed by atoms with Crippen LogP contribution in [0.15, 0.2) is 17.4 Å². The van der Waals surface area contributed by atoms with Gasteiger partial charge in [-0.25, -0.2) is 8.78 Å². The summed E-state index contributed by atoms with van der Waals surface area (Å²) in [4.78, 5) is 12.3. The second-order valence-electron chi connectivity index (χ2n) is 4.93. The minimum atomic E-state index is -3.10.